The van der Waals surface area contributed by atoms with Crippen molar-refractivity contribution in [3.63, 3.8) is 0 Å². The van der Waals surface area contributed by atoms with Crippen LogP contribution in [0.4, 0.5) is 0 Å². The normalized spacial score (nSPS) is 17.8. The first-order valence-corrected chi connectivity index (χ1v) is 6.84. The Morgan fingerprint density at radius 1 is 1.38 bits per heavy atom. The van der Waals surface area contributed by atoms with Crippen molar-refractivity contribution in [2.75, 3.05) is 0 Å². The second-order valence-corrected chi connectivity index (χ2v) is 3.98. The van der Waals surface area contributed by atoms with E-state index in [1.165, 1.54) is 4.88 Å². The highest BCUT2D eigenvalue weighted by Gasteiger charge is 2.20. The van der Waals surface area contributed by atoms with Crippen LogP contribution in [0.3, 0.4) is 0 Å². The smallest absolute Gasteiger partial charge is 0.223 e. The first kappa shape index (κ1) is 15.1. The van der Waals surface area contributed by atoms with Crippen LogP contribution in [0.15, 0.2) is 5.51 Å². The van der Waals surface area contributed by atoms with E-state index in [0.29, 0.717) is 6.54 Å². The molecule has 1 N–H and O–H groups in total. The fourth-order valence-corrected chi connectivity index (χ4v) is 2.06. The van der Waals surface area contributed by atoms with Gasteiger partial charge in [-0.3, -0.25) is 4.79 Å². The number of nitrogens with zero attached hydrogens (tertiary/aromatic N) is 1. The maximum atomic E-state index is 11.2. The van der Waals surface area contributed by atoms with Crippen molar-refractivity contribution >= 4 is 17.2 Å². The van der Waals surface area contributed by atoms with E-state index in [9.17, 15) is 4.79 Å². The number of nitrogens with one attached hydrogen (secondary N) is 1. The van der Waals surface area contributed by atoms with Gasteiger partial charge in [-0.05, 0) is 0 Å². The molecule has 3 nitrogen and oxygen atoms in total. The molecule has 0 saturated carbocycles. The third kappa shape index (κ3) is 3.93. The van der Waals surface area contributed by atoms with Crippen LogP contribution in [0.25, 0.3) is 0 Å². The van der Waals surface area contributed by atoms with Gasteiger partial charge >= 0.3 is 0 Å². The summed E-state index contributed by atoms with van der Waals surface area (Å²) in [6.45, 7) is 10.6. The second kappa shape index (κ2) is 8.28. The predicted molar refractivity (Wildman–Crippen MR) is 69.5 cm³/mol. The van der Waals surface area contributed by atoms with Crippen LogP contribution in [0.5, 0.6) is 0 Å². The number of aromatic nitrogens is 1. The van der Waals surface area contributed by atoms with Gasteiger partial charge in [0, 0.05) is 17.2 Å². The van der Waals surface area contributed by atoms with E-state index in [-0.39, 0.29) is 11.8 Å². The summed E-state index contributed by atoms with van der Waals surface area (Å²) in [5.74, 6) is 0.202. The zero-order valence-corrected chi connectivity index (χ0v) is 11.6. The lowest BCUT2D eigenvalue weighted by molar-refractivity contribution is -0.124. The summed E-state index contributed by atoms with van der Waals surface area (Å²) >= 11 is 1.62. The average molecular weight is 242 g/mol. The largest absolute Gasteiger partial charge is 0.351 e. The van der Waals surface area contributed by atoms with Gasteiger partial charge in [-0.1, -0.05) is 34.6 Å². The molecule has 2 heterocycles. The molecule has 92 valence electrons. The lowest BCUT2D eigenvalue weighted by Crippen LogP contribution is -2.26. The van der Waals surface area contributed by atoms with Crippen LogP contribution < -0.4 is 5.32 Å². The topological polar surface area (TPSA) is 42.0 Å². The number of carbonyl (C=O) groups excluding carboxylic acids is 1. The van der Waals surface area contributed by atoms with Crippen molar-refractivity contribution < 1.29 is 4.79 Å². The lowest BCUT2D eigenvalue weighted by atomic mass is 10.1. The number of amides is 1. The van der Waals surface area contributed by atoms with Gasteiger partial charge in [-0.15, -0.1) is 11.3 Å². The van der Waals surface area contributed by atoms with Gasteiger partial charge in [0.15, 0.2) is 0 Å². The summed E-state index contributed by atoms with van der Waals surface area (Å²) in [5, 5.41) is 2.87. The SMILES string of the molecule is CC.CC.CC1Cc2ncsc2CNC1=O. The molecule has 1 unspecified atom stereocenters. The molecule has 0 spiro atoms. The Morgan fingerprint density at radius 3 is 2.62 bits per heavy atom. The maximum absolute atomic E-state index is 11.2. The van der Waals surface area contributed by atoms with E-state index >= 15 is 0 Å². The van der Waals surface area contributed by atoms with E-state index in [1.807, 2.05) is 40.1 Å². The minimum atomic E-state index is 0.0633. The van der Waals surface area contributed by atoms with Gasteiger partial charge < -0.3 is 5.32 Å². The minimum absolute atomic E-state index is 0.0633. The standard InChI is InChI=1S/C8H10N2OS.2C2H6/c1-5-2-6-7(12-4-10-6)3-9-8(5)11;2*1-2/h4-5H,2-3H2,1H3,(H,9,11);2*1-2H3. The summed E-state index contributed by atoms with van der Waals surface area (Å²) in [6.07, 6.45) is 0.782. The fourth-order valence-electron chi connectivity index (χ4n) is 1.33. The zero-order valence-electron chi connectivity index (χ0n) is 10.8. The van der Waals surface area contributed by atoms with Crippen molar-refractivity contribution in [1.82, 2.24) is 10.3 Å². The molecule has 0 aromatic carbocycles. The van der Waals surface area contributed by atoms with Gasteiger partial charge in [0.25, 0.3) is 0 Å². The molecule has 2 rings (SSSR count). The molecule has 1 aromatic heterocycles. The van der Waals surface area contributed by atoms with Crippen LogP contribution in [0.2, 0.25) is 0 Å². The molecule has 1 aromatic rings. The van der Waals surface area contributed by atoms with Crippen molar-refractivity contribution in [2.24, 2.45) is 5.92 Å². The first-order chi connectivity index (χ1) is 7.77. The van der Waals surface area contributed by atoms with E-state index in [1.54, 1.807) is 11.3 Å². The zero-order chi connectivity index (χ0) is 12.6. The molecule has 0 bridgehead atoms. The van der Waals surface area contributed by atoms with Gasteiger partial charge in [0.1, 0.15) is 0 Å². The van der Waals surface area contributed by atoms with Crippen LogP contribution in [0, 0.1) is 5.92 Å². The number of thiazole rings is 1. The Morgan fingerprint density at radius 2 is 2.00 bits per heavy atom. The van der Waals surface area contributed by atoms with Gasteiger partial charge in [-0.2, -0.15) is 0 Å². The molecule has 1 amide bonds. The fraction of sp³-hybridized carbons (Fsp3) is 0.667. The molecule has 1 aliphatic rings. The lowest BCUT2D eigenvalue weighted by Gasteiger charge is -2.04. The van der Waals surface area contributed by atoms with Crippen molar-refractivity contribution in [3.8, 4) is 0 Å². The van der Waals surface area contributed by atoms with E-state index in [4.69, 9.17) is 0 Å². The Balaban J connectivity index is 0.000000509. The summed E-state index contributed by atoms with van der Waals surface area (Å²) < 4.78 is 0. The molecular formula is C12H22N2OS. The second-order valence-electron chi connectivity index (χ2n) is 3.05. The van der Waals surface area contributed by atoms with Crippen LogP contribution in [-0.4, -0.2) is 10.9 Å². The third-order valence-corrected chi connectivity index (χ3v) is 2.97. The molecule has 0 aliphatic carbocycles. The van der Waals surface area contributed by atoms with Crippen molar-refractivity contribution in [3.05, 3.63) is 16.1 Å². The molecule has 4 heteroatoms. The first-order valence-electron chi connectivity index (χ1n) is 5.96. The van der Waals surface area contributed by atoms with Gasteiger partial charge in [-0.25, -0.2) is 4.98 Å². The number of hydrogen-bond donors (Lipinski definition) is 1. The number of rotatable bonds is 0. The molecule has 0 radical (unpaired) electrons. The minimum Gasteiger partial charge on any atom is -0.351 e. The summed E-state index contributed by atoms with van der Waals surface area (Å²) in [7, 11) is 0. The third-order valence-electron chi connectivity index (χ3n) is 2.10. The van der Waals surface area contributed by atoms with Crippen molar-refractivity contribution in [1.29, 1.82) is 0 Å². The quantitative estimate of drug-likeness (QED) is 0.760. The Hall–Kier alpha value is -0.900. The number of carbonyl (C=O) groups is 1. The summed E-state index contributed by atoms with van der Waals surface area (Å²) in [5.41, 5.74) is 2.93. The van der Waals surface area contributed by atoms with Crippen LogP contribution in [0.1, 0.15) is 45.2 Å². The Kier molecular flexibility index (Phi) is 7.81. The highest BCUT2D eigenvalue weighted by atomic mass is 32.1. The highest BCUT2D eigenvalue weighted by Crippen LogP contribution is 2.19. The summed E-state index contributed by atoms with van der Waals surface area (Å²) in [4.78, 5) is 16.7. The number of hydrogen-bond acceptors (Lipinski definition) is 3. The van der Waals surface area contributed by atoms with Crippen LogP contribution in [-0.2, 0) is 17.8 Å². The molecular weight excluding hydrogens is 220 g/mol. The molecule has 1 atom stereocenters. The van der Waals surface area contributed by atoms with E-state index < -0.39 is 0 Å². The molecule has 1 aliphatic heterocycles. The van der Waals surface area contributed by atoms with Crippen LogP contribution >= 0.6 is 11.3 Å². The maximum Gasteiger partial charge on any atom is 0.223 e. The van der Waals surface area contributed by atoms with Gasteiger partial charge in [0.05, 0.1) is 17.7 Å². The summed E-state index contributed by atoms with van der Waals surface area (Å²) in [6, 6.07) is 0. The van der Waals surface area contributed by atoms with Crippen molar-refractivity contribution in [2.45, 2.75) is 47.6 Å². The monoisotopic (exact) mass is 242 g/mol. The Bertz CT molecular complexity index is 310. The highest BCUT2D eigenvalue weighted by molar-refractivity contribution is 7.09. The van der Waals surface area contributed by atoms with E-state index in [2.05, 4.69) is 10.3 Å². The number of fused-ring (bicyclic) bond motifs is 1. The Labute approximate surface area is 102 Å². The molecule has 16 heavy (non-hydrogen) atoms. The molecule has 0 saturated heterocycles. The van der Waals surface area contributed by atoms with E-state index in [0.717, 1.165) is 12.1 Å². The average Bonchev–Trinajstić information content (AvgIpc) is 2.73. The molecule has 0 fully saturated rings. The predicted octanol–water partition coefficient (Wildman–Crippen LogP) is 3.00. The van der Waals surface area contributed by atoms with Gasteiger partial charge in [0.2, 0.25) is 5.91 Å².